The Morgan fingerprint density at radius 2 is 2.04 bits per heavy atom. The second-order valence-electron chi connectivity index (χ2n) is 6.83. The SMILES string of the molecule is Cc1ccccc1S(=O)(=O)N[C@@H]1CCN(Cc2cccc(OCCO)c2)C1. The van der Waals surface area contributed by atoms with Crippen molar-refractivity contribution in [2.75, 3.05) is 26.3 Å². The largest absolute Gasteiger partial charge is 0.491 e. The molecule has 7 heteroatoms. The smallest absolute Gasteiger partial charge is 0.241 e. The van der Waals surface area contributed by atoms with E-state index >= 15 is 0 Å². The first-order valence-corrected chi connectivity index (χ1v) is 10.6. The number of nitrogens with zero attached hydrogens (tertiary/aromatic N) is 1. The van der Waals surface area contributed by atoms with E-state index in [1.54, 1.807) is 25.1 Å². The van der Waals surface area contributed by atoms with Gasteiger partial charge in [0.25, 0.3) is 0 Å². The van der Waals surface area contributed by atoms with E-state index in [0.29, 0.717) is 11.4 Å². The van der Waals surface area contributed by atoms with Crippen LogP contribution in [-0.2, 0) is 16.6 Å². The summed E-state index contributed by atoms with van der Waals surface area (Å²) in [6.07, 6.45) is 0.784. The molecule has 0 amide bonds. The van der Waals surface area contributed by atoms with Crippen molar-refractivity contribution in [1.82, 2.24) is 9.62 Å². The molecule has 27 heavy (non-hydrogen) atoms. The lowest BCUT2D eigenvalue weighted by Crippen LogP contribution is -2.37. The highest BCUT2D eigenvalue weighted by atomic mass is 32.2. The topological polar surface area (TPSA) is 78.9 Å². The van der Waals surface area contributed by atoms with Crippen LogP contribution in [-0.4, -0.2) is 50.8 Å². The van der Waals surface area contributed by atoms with Crippen LogP contribution in [0, 0.1) is 6.92 Å². The van der Waals surface area contributed by atoms with E-state index in [1.807, 2.05) is 30.3 Å². The zero-order valence-corrected chi connectivity index (χ0v) is 16.3. The molecule has 0 aliphatic carbocycles. The summed E-state index contributed by atoms with van der Waals surface area (Å²) in [6, 6.07) is 14.7. The van der Waals surface area contributed by atoms with Gasteiger partial charge < -0.3 is 9.84 Å². The highest BCUT2D eigenvalue weighted by Gasteiger charge is 2.27. The standard InChI is InChI=1S/C20H26N2O4S/c1-16-5-2-3-8-20(16)27(24,25)21-18-9-10-22(15-18)14-17-6-4-7-19(13-17)26-12-11-23/h2-8,13,18,21,23H,9-12,14-15H2,1H3/t18-/m1/s1. The predicted molar refractivity (Wildman–Crippen MR) is 104 cm³/mol. The number of aliphatic hydroxyl groups is 1. The van der Waals surface area contributed by atoms with Gasteiger partial charge in [-0.2, -0.15) is 0 Å². The summed E-state index contributed by atoms with van der Waals surface area (Å²) in [5.41, 5.74) is 1.85. The molecule has 0 unspecified atom stereocenters. The van der Waals surface area contributed by atoms with Gasteiger partial charge in [-0.3, -0.25) is 4.90 Å². The molecule has 6 nitrogen and oxygen atoms in total. The normalized spacial score (nSPS) is 17.9. The van der Waals surface area contributed by atoms with Crippen molar-refractivity contribution in [3.8, 4) is 5.75 Å². The third-order valence-corrected chi connectivity index (χ3v) is 6.32. The van der Waals surface area contributed by atoms with E-state index in [9.17, 15) is 8.42 Å². The molecule has 2 aromatic rings. The Hall–Kier alpha value is -1.93. The van der Waals surface area contributed by atoms with Crippen LogP contribution in [0.25, 0.3) is 0 Å². The molecule has 1 atom stereocenters. The van der Waals surface area contributed by atoms with E-state index in [1.165, 1.54) is 0 Å². The van der Waals surface area contributed by atoms with Crippen molar-refractivity contribution in [3.63, 3.8) is 0 Å². The first-order chi connectivity index (χ1) is 13.0. The van der Waals surface area contributed by atoms with Gasteiger partial charge in [0, 0.05) is 25.7 Å². The van der Waals surface area contributed by atoms with Crippen molar-refractivity contribution in [2.45, 2.75) is 30.8 Å². The predicted octanol–water partition coefficient (Wildman–Crippen LogP) is 1.92. The molecule has 1 aliphatic heterocycles. The van der Waals surface area contributed by atoms with Crippen LogP contribution in [0.1, 0.15) is 17.5 Å². The number of aryl methyl sites for hydroxylation is 1. The Labute approximate surface area is 160 Å². The van der Waals surface area contributed by atoms with Crippen molar-refractivity contribution < 1.29 is 18.3 Å². The van der Waals surface area contributed by atoms with Gasteiger partial charge in [-0.1, -0.05) is 30.3 Å². The molecule has 0 radical (unpaired) electrons. The lowest BCUT2D eigenvalue weighted by molar-refractivity contribution is 0.201. The molecular weight excluding hydrogens is 364 g/mol. The number of hydrogen-bond donors (Lipinski definition) is 2. The average molecular weight is 391 g/mol. The molecule has 2 N–H and O–H groups in total. The lowest BCUT2D eigenvalue weighted by atomic mass is 10.2. The average Bonchev–Trinajstić information content (AvgIpc) is 3.06. The van der Waals surface area contributed by atoms with Gasteiger partial charge >= 0.3 is 0 Å². The molecule has 0 spiro atoms. The minimum absolute atomic E-state index is 0.0148. The van der Waals surface area contributed by atoms with Gasteiger partial charge in [-0.15, -0.1) is 0 Å². The lowest BCUT2D eigenvalue weighted by Gasteiger charge is -2.18. The maximum atomic E-state index is 12.7. The zero-order chi connectivity index (χ0) is 19.3. The number of benzene rings is 2. The maximum absolute atomic E-state index is 12.7. The van der Waals surface area contributed by atoms with Crippen LogP contribution in [0.4, 0.5) is 0 Å². The molecule has 1 heterocycles. The fourth-order valence-electron chi connectivity index (χ4n) is 3.37. The minimum Gasteiger partial charge on any atom is -0.491 e. The van der Waals surface area contributed by atoms with Gasteiger partial charge in [-0.05, 0) is 42.7 Å². The van der Waals surface area contributed by atoms with Gasteiger partial charge in [0.05, 0.1) is 11.5 Å². The molecule has 1 saturated heterocycles. The van der Waals surface area contributed by atoms with Crippen molar-refractivity contribution >= 4 is 10.0 Å². The molecule has 2 aromatic carbocycles. The van der Waals surface area contributed by atoms with Gasteiger partial charge in [0.15, 0.2) is 0 Å². The number of likely N-dealkylation sites (tertiary alicyclic amines) is 1. The molecular formula is C20H26N2O4S. The zero-order valence-electron chi connectivity index (χ0n) is 15.5. The van der Waals surface area contributed by atoms with Crippen LogP contribution < -0.4 is 9.46 Å². The molecule has 3 rings (SSSR count). The number of ether oxygens (including phenoxy) is 1. The Morgan fingerprint density at radius 3 is 2.81 bits per heavy atom. The first-order valence-electron chi connectivity index (χ1n) is 9.11. The summed E-state index contributed by atoms with van der Waals surface area (Å²) in [4.78, 5) is 2.58. The molecule has 1 fully saturated rings. The van der Waals surface area contributed by atoms with Crippen LogP contribution in [0.3, 0.4) is 0 Å². The van der Waals surface area contributed by atoms with Crippen LogP contribution >= 0.6 is 0 Å². The van der Waals surface area contributed by atoms with Crippen LogP contribution in [0.2, 0.25) is 0 Å². The van der Waals surface area contributed by atoms with Gasteiger partial charge in [-0.25, -0.2) is 13.1 Å². The second kappa shape index (κ2) is 8.84. The van der Waals surface area contributed by atoms with Crippen molar-refractivity contribution in [2.24, 2.45) is 0 Å². The summed E-state index contributed by atoms with van der Waals surface area (Å²) in [7, 11) is -3.51. The summed E-state index contributed by atoms with van der Waals surface area (Å²) in [5, 5.41) is 8.86. The van der Waals surface area contributed by atoms with E-state index in [0.717, 1.165) is 36.4 Å². The highest BCUT2D eigenvalue weighted by molar-refractivity contribution is 7.89. The number of rotatable bonds is 8. The number of nitrogens with one attached hydrogen (secondary N) is 1. The summed E-state index contributed by atoms with van der Waals surface area (Å²) >= 11 is 0. The summed E-state index contributed by atoms with van der Waals surface area (Å²) < 4.78 is 33.6. The van der Waals surface area contributed by atoms with E-state index < -0.39 is 10.0 Å². The summed E-state index contributed by atoms with van der Waals surface area (Å²) in [6.45, 7) is 4.31. The fourth-order valence-corrected chi connectivity index (χ4v) is 4.88. The fraction of sp³-hybridized carbons (Fsp3) is 0.400. The monoisotopic (exact) mass is 390 g/mol. The van der Waals surface area contributed by atoms with E-state index in [2.05, 4.69) is 9.62 Å². The van der Waals surface area contributed by atoms with Crippen LogP contribution in [0.15, 0.2) is 53.4 Å². The molecule has 1 aliphatic rings. The van der Waals surface area contributed by atoms with Crippen molar-refractivity contribution in [1.29, 1.82) is 0 Å². The number of sulfonamides is 1. The molecule has 0 bridgehead atoms. The number of aliphatic hydroxyl groups excluding tert-OH is 1. The first kappa shape index (κ1) is 19.8. The van der Waals surface area contributed by atoms with Crippen molar-refractivity contribution in [3.05, 3.63) is 59.7 Å². The Morgan fingerprint density at radius 1 is 1.22 bits per heavy atom. The Kier molecular flexibility index (Phi) is 6.49. The Balaban J connectivity index is 1.58. The van der Waals surface area contributed by atoms with E-state index in [4.69, 9.17) is 9.84 Å². The van der Waals surface area contributed by atoms with E-state index in [-0.39, 0.29) is 19.3 Å². The minimum atomic E-state index is -3.51. The third-order valence-electron chi connectivity index (χ3n) is 4.64. The van der Waals surface area contributed by atoms with Gasteiger partial charge in [0.2, 0.25) is 10.0 Å². The maximum Gasteiger partial charge on any atom is 0.241 e. The van der Waals surface area contributed by atoms with Gasteiger partial charge in [0.1, 0.15) is 12.4 Å². The highest BCUT2D eigenvalue weighted by Crippen LogP contribution is 2.20. The third kappa shape index (κ3) is 5.29. The number of hydrogen-bond acceptors (Lipinski definition) is 5. The molecule has 0 aromatic heterocycles. The summed E-state index contributed by atoms with van der Waals surface area (Å²) in [5.74, 6) is 0.734. The quantitative estimate of drug-likeness (QED) is 0.720. The van der Waals surface area contributed by atoms with Crippen LogP contribution in [0.5, 0.6) is 5.75 Å². The second-order valence-corrected chi connectivity index (χ2v) is 8.51. The molecule has 146 valence electrons. The Bertz CT molecular complexity index is 870. The molecule has 0 saturated carbocycles.